The van der Waals surface area contributed by atoms with Gasteiger partial charge in [0.15, 0.2) is 0 Å². The minimum atomic E-state index is -4.44. The van der Waals surface area contributed by atoms with Crippen LogP contribution in [-0.4, -0.2) is 23.3 Å². The van der Waals surface area contributed by atoms with E-state index in [4.69, 9.17) is 9.31 Å². The van der Waals surface area contributed by atoms with E-state index >= 15 is 0 Å². The molecule has 1 aliphatic rings. The highest BCUT2D eigenvalue weighted by Gasteiger charge is 2.52. The smallest absolute Gasteiger partial charge is 0.398 e. The van der Waals surface area contributed by atoms with Crippen molar-refractivity contribution < 1.29 is 22.5 Å². The Bertz CT molecular complexity index is 518. The van der Waals surface area contributed by atoms with Crippen molar-refractivity contribution in [2.24, 2.45) is 0 Å². The van der Waals surface area contributed by atoms with Crippen LogP contribution in [-0.2, 0) is 15.5 Å². The Labute approximate surface area is 124 Å². The molecular weight excluding hydrogens is 338 g/mol. The maximum atomic E-state index is 12.8. The SMILES string of the molecule is CC1(C)OB(c2cc(C(F)(F)F)cc(Br)n2)OC1(C)C. The maximum absolute atomic E-state index is 12.8. The van der Waals surface area contributed by atoms with Gasteiger partial charge in [-0.25, -0.2) is 4.98 Å². The molecule has 20 heavy (non-hydrogen) atoms. The molecule has 8 heteroatoms. The molecule has 0 aromatic carbocycles. The average Bonchev–Trinajstić information content (AvgIpc) is 2.46. The van der Waals surface area contributed by atoms with Crippen LogP contribution in [0.25, 0.3) is 0 Å². The standard InChI is InChI=1S/C12H14BBrF3NO2/c1-10(2)11(3,4)20-13(19-10)8-5-7(12(15,16)17)6-9(14)18-8/h5-6H,1-4H3. The molecule has 1 saturated heterocycles. The van der Waals surface area contributed by atoms with E-state index in [2.05, 4.69) is 20.9 Å². The fourth-order valence-electron chi connectivity index (χ4n) is 1.77. The third-order valence-electron chi connectivity index (χ3n) is 3.64. The zero-order valence-corrected chi connectivity index (χ0v) is 13.1. The lowest BCUT2D eigenvalue weighted by molar-refractivity contribution is -0.137. The Morgan fingerprint density at radius 2 is 1.60 bits per heavy atom. The average molecular weight is 352 g/mol. The van der Waals surface area contributed by atoms with Crippen molar-refractivity contribution in [2.45, 2.75) is 45.1 Å². The number of hydrogen-bond donors (Lipinski definition) is 0. The quantitative estimate of drug-likeness (QED) is 0.575. The van der Waals surface area contributed by atoms with Gasteiger partial charge in [0.25, 0.3) is 0 Å². The summed E-state index contributed by atoms with van der Waals surface area (Å²) >= 11 is 2.99. The zero-order chi connectivity index (χ0) is 15.3. The van der Waals surface area contributed by atoms with Crippen molar-refractivity contribution in [3.8, 4) is 0 Å². The monoisotopic (exact) mass is 351 g/mol. The summed E-state index contributed by atoms with van der Waals surface area (Å²) < 4.78 is 49.9. The van der Waals surface area contributed by atoms with Crippen LogP contribution in [0.2, 0.25) is 0 Å². The molecule has 2 rings (SSSR count). The van der Waals surface area contributed by atoms with Crippen LogP contribution in [0.5, 0.6) is 0 Å². The predicted octanol–water partition coefficient (Wildman–Crippen LogP) is 3.16. The van der Waals surface area contributed by atoms with Gasteiger partial charge in [0, 0.05) is 0 Å². The van der Waals surface area contributed by atoms with E-state index in [1.54, 1.807) is 0 Å². The lowest BCUT2D eigenvalue weighted by Gasteiger charge is -2.32. The van der Waals surface area contributed by atoms with Gasteiger partial charge in [-0.2, -0.15) is 13.2 Å². The van der Waals surface area contributed by atoms with Crippen LogP contribution in [0.15, 0.2) is 16.7 Å². The minimum absolute atomic E-state index is 0.0945. The molecule has 0 N–H and O–H groups in total. The first kappa shape index (κ1) is 15.8. The second kappa shape index (κ2) is 4.71. The van der Waals surface area contributed by atoms with Crippen molar-refractivity contribution in [1.82, 2.24) is 4.98 Å². The summed E-state index contributed by atoms with van der Waals surface area (Å²) in [7, 11) is -0.918. The van der Waals surface area contributed by atoms with Crippen LogP contribution in [0, 0.1) is 0 Å². The van der Waals surface area contributed by atoms with Crippen LogP contribution < -0.4 is 5.59 Å². The van der Waals surface area contributed by atoms with Crippen LogP contribution in [0.1, 0.15) is 33.3 Å². The summed E-state index contributed by atoms with van der Waals surface area (Å²) in [5.74, 6) is 0. The number of nitrogens with zero attached hydrogens (tertiary/aromatic N) is 1. The Morgan fingerprint density at radius 1 is 1.10 bits per heavy atom. The number of aromatic nitrogens is 1. The molecule has 0 bridgehead atoms. The second-order valence-electron chi connectivity index (χ2n) is 5.69. The molecule has 0 radical (unpaired) electrons. The first-order valence-corrected chi connectivity index (χ1v) is 6.82. The number of alkyl halides is 3. The summed E-state index contributed by atoms with van der Waals surface area (Å²) in [6.07, 6.45) is -4.44. The number of pyridine rings is 1. The molecule has 0 amide bonds. The van der Waals surface area contributed by atoms with E-state index in [-0.39, 0.29) is 10.2 Å². The molecule has 0 atom stereocenters. The lowest BCUT2D eigenvalue weighted by atomic mass is 9.83. The van der Waals surface area contributed by atoms with E-state index < -0.39 is 30.1 Å². The molecule has 0 unspecified atom stereocenters. The molecule has 1 aromatic rings. The third-order valence-corrected chi connectivity index (χ3v) is 4.04. The predicted molar refractivity (Wildman–Crippen MR) is 72.7 cm³/mol. The molecule has 110 valence electrons. The molecule has 2 heterocycles. The highest BCUT2D eigenvalue weighted by atomic mass is 79.9. The zero-order valence-electron chi connectivity index (χ0n) is 11.5. The molecule has 1 aliphatic heterocycles. The highest BCUT2D eigenvalue weighted by Crippen LogP contribution is 2.37. The summed E-state index contributed by atoms with van der Waals surface area (Å²) in [5.41, 5.74) is -1.94. The fraction of sp³-hybridized carbons (Fsp3) is 0.583. The van der Waals surface area contributed by atoms with E-state index in [0.717, 1.165) is 12.1 Å². The third kappa shape index (κ3) is 2.87. The topological polar surface area (TPSA) is 31.4 Å². The Hall–Kier alpha value is -0.595. The number of rotatable bonds is 1. The highest BCUT2D eigenvalue weighted by molar-refractivity contribution is 9.10. The van der Waals surface area contributed by atoms with Gasteiger partial charge in [-0.15, -0.1) is 0 Å². The summed E-state index contributed by atoms with van der Waals surface area (Å²) in [6, 6.07) is 1.88. The molecule has 3 nitrogen and oxygen atoms in total. The number of halogens is 4. The molecular formula is C12H14BBrF3NO2. The lowest BCUT2D eigenvalue weighted by Crippen LogP contribution is -2.41. The molecule has 0 saturated carbocycles. The summed E-state index contributed by atoms with van der Waals surface area (Å²) in [4.78, 5) is 4.03. The van der Waals surface area contributed by atoms with Gasteiger partial charge in [0.1, 0.15) is 4.60 Å². The normalized spacial score (nSPS) is 21.3. The van der Waals surface area contributed by atoms with Crippen molar-refractivity contribution in [3.05, 3.63) is 22.3 Å². The van der Waals surface area contributed by atoms with Crippen molar-refractivity contribution >= 4 is 28.6 Å². The Kier molecular flexibility index (Phi) is 3.72. The maximum Gasteiger partial charge on any atom is 0.514 e. The van der Waals surface area contributed by atoms with Gasteiger partial charge in [-0.05, 0) is 55.8 Å². The first-order chi connectivity index (χ1) is 8.92. The van der Waals surface area contributed by atoms with Crippen molar-refractivity contribution in [2.75, 3.05) is 0 Å². The van der Waals surface area contributed by atoms with Gasteiger partial charge in [0.2, 0.25) is 0 Å². The fourth-order valence-corrected chi connectivity index (χ4v) is 2.22. The van der Waals surface area contributed by atoms with E-state index in [1.165, 1.54) is 0 Å². The van der Waals surface area contributed by atoms with Gasteiger partial charge >= 0.3 is 13.3 Å². The van der Waals surface area contributed by atoms with Gasteiger partial charge in [0.05, 0.1) is 22.4 Å². The van der Waals surface area contributed by atoms with Gasteiger partial charge in [-0.1, -0.05) is 0 Å². The largest absolute Gasteiger partial charge is 0.514 e. The number of hydrogen-bond acceptors (Lipinski definition) is 3. The van der Waals surface area contributed by atoms with Crippen molar-refractivity contribution in [3.63, 3.8) is 0 Å². The van der Waals surface area contributed by atoms with E-state index in [9.17, 15) is 13.2 Å². The van der Waals surface area contributed by atoms with Gasteiger partial charge in [-0.3, -0.25) is 0 Å². The summed E-state index contributed by atoms with van der Waals surface area (Å²) in [5, 5.41) is 0. The van der Waals surface area contributed by atoms with Crippen LogP contribution in [0.4, 0.5) is 13.2 Å². The molecule has 0 spiro atoms. The summed E-state index contributed by atoms with van der Waals surface area (Å²) in [6.45, 7) is 7.32. The van der Waals surface area contributed by atoms with Crippen molar-refractivity contribution in [1.29, 1.82) is 0 Å². The first-order valence-electron chi connectivity index (χ1n) is 6.03. The second-order valence-corrected chi connectivity index (χ2v) is 6.50. The van der Waals surface area contributed by atoms with Gasteiger partial charge < -0.3 is 9.31 Å². The van der Waals surface area contributed by atoms with Crippen LogP contribution in [0.3, 0.4) is 0 Å². The Balaban J connectivity index is 2.38. The van der Waals surface area contributed by atoms with E-state index in [1.807, 2.05) is 27.7 Å². The molecule has 1 fully saturated rings. The van der Waals surface area contributed by atoms with Crippen LogP contribution >= 0.6 is 15.9 Å². The molecule has 0 aliphatic carbocycles. The van der Waals surface area contributed by atoms with E-state index in [0.29, 0.717) is 0 Å². The molecule has 1 aromatic heterocycles. The minimum Gasteiger partial charge on any atom is -0.398 e. The Morgan fingerprint density at radius 3 is 2.05 bits per heavy atom.